The van der Waals surface area contributed by atoms with Crippen LogP contribution in [-0.2, 0) is 12.7 Å². The SMILES string of the molecule is CCC1CCN(Cc2ccc(C(F)(F)F)nc2)C1. The molecule has 1 aromatic rings. The molecule has 1 aromatic heterocycles. The maximum atomic E-state index is 12.3. The van der Waals surface area contributed by atoms with Gasteiger partial charge in [-0.25, -0.2) is 0 Å². The van der Waals surface area contributed by atoms with Crippen molar-refractivity contribution in [2.24, 2.45) is 5.92 Å². The fraction of sp³-hybridized carbons (Fsp3) is 0.615. The third-order valence-electron chi connectivity index (χ3n) is 3.47. The lowest BCUT2D eigenvalue weighted by atomic mass is 10.1. The van der Waals surface area contributed by atoms with Gasteiger partial charge in [0.05, 0.1) is 0 Å². The predicted octanol–water partition coefficient (Wildman–Crippen LogP) is 3.33. The van der Waals surface area contributed by atoms with Crippen LogP contribution in [0.3, 0.4) is 0 Å². The summed E-state index contributed by atoms with van der Waals surface area (Å²) in [7, 11) is 0. The van der Waals surface area contributed by atoms with E-state index in [9.17, 15) is 13.2 Å². The summed E-state index contributed by atoms with van der Waals surface area (Å²) < 4.78 is 37.0. The average Bonchev–Trinajstić information content (AvgIpc) is 2.76. The van der Waals surface area contributed by atoms with Gasteiger partial charge in [0.2, 0.25) is 0 Å². The Morgan fingerprint density at radius 3 is 2.67 bits per heavy atom. The highest BCUT2D eigenvalue weighted by Gasteiger charge is 2.32. The Kier molecular flexibility index (Phi) is 3.90. The maximum absolute atomic E-state index is 12.3. The van der Waals surface area contributed by atoms with Crippen molar-refractivity contribution in [2.75, 3.05) is 13.1 Å². The molecule has 0 amide bonds. The molecule has 2 nitrogen and oxygen atoms in total. The molecule has 2 rings (SSSR count). The number of alkyl halides is 3. The molecule has 100 valence electrons. The Balaban J connectivity index is 1.95. The quantitative estimate of drug-likeness (QED) is 0.826. The van der Waals surface area contributed by atoms with Gasteiger partial charge in [-0.05, 0) is 30.5 Å². The first-order valence-electron chi connectivity index (χ1n) is 6.23. The van der Waals surface area contributed by atoms with Gasteiger partial charge in [0, 0.05) is 19.3 Å². The van der Waals surface area contributed by atoms with Crippen LogP contribution in [0.1, 0.15) is 31.0 Å². The van der Waals surface area contributed by atoms with Crippen molar-refractivity contribution in [3.8, 4) is 0 Å². The minimum absolute atomic E-state index is 0.696. The molecule has 1 saturated heterocycles. The lowest BCUT2D eigenvalue weighted by molar-refractivity contribution is -0.141. The van der Waals surface area contributed by atoms with Gasteiger partial charge in [0.25, 0.3) is 0 Å². The first kappa shape index (κ1) is 13.3. The highest BCUT2D eigenvalue weighted by atomic mass is 19.4. The molecular weight excluding hydrogens is 241 g/mol. The summed E-state index contributed by atoms with van der Waals surface area (Å²) in [6, 6.07) is 2.58. The van der Waals surface area contributed by atoms with Gasteiger partial charge in [0.1, 0.15) is 5.69 Å². The molecule has 1 fully saturated rings. The molecular formula is C13H17F3N2. The highest BCUT2D eigenvalue weighted by Crippen LogP contribution is 2.27. The first-order valence-corrected chi connectivity index (χ1v) is 6.23. The van der Waals surface area contributed by atoms with Crippen molar-refractivity contribution < 1.29 is 13.2 Å². The topological polar surface area (TPSA) is 16.1 Å². The number of likely N-dealkylation sites (tertiary alicyclic amines) is 1. The van der Waals surface area contributed by atoms with Crippen LogP contribution in [-0.4, -0.2) is 23.0 Å². The number of nitrogens with zero attached hydrogens (tertiary/aromatic N) is 2. The van der Waals surface area contributed by atoms with E-state index in [1.807, 2.05) is 0 Å². The summed E-state index contributed by atoms with van der Waals surface area (Å²) in [6.07, 6.45) is -0.659. The molecule has 1 aliphatic rings. The van der Waals surface area contributed by atoms with E-state index in [2.05, 4.69) is 16.8 Å². The van der Waals surface area contributed by atoms with Crippen molar-refractivity contribution in [2.45, 2.75) is 32.5 Å². The van der Waals surface area contributed by atoms with Gasteiger partial charge < -0.3 is 0 Å². The second-order valence-electron chi connectivity index (χ2n) is 4.85. The Morgan fingerprint density at radius 1 is 1.39 bits per heavy atom. The van der Waals surface area contributed by atoms with Crippen LogP contribution in [0.15, 0.2) is 18.3 Å². The number of hydrogen-bond donors (Lipinski definition) is 0. The van der Waals surface area contributed by atoms with E-state index in [1.165, 1.54) is 25.1 Å². The van der Waals surface area contributed by atoms with Gasteiger partial charge in [-0.15, -0.1) is 0 Å². The number of pyridine rings is 1. The monoisotopic (exact) mass is 258 g/mol. The Bertz CT molecular complexity index is 386. The zero-order valence-electron chi connectivity index (χ0n) is 10.4. The van der Waals surface area contributed by atoms with Crippen molar-refractivity contribution in [3.63, 3.8) is 0 Å². The molecule has 0 radical (unpaired) electrons. The lowest BCUT2D eigenvalue weighted by Crippen LogP contribution is -2.20. The van der Waals surface area contributed by atoms with Crippen LogP contribution in [0.2, 0.25) is 0 Å². The van der Waals surface area contributed by atoms with Crippen molar-refractivity contribution >= 4 is 0 Å². The van der Waals surface area contributed by atoms with Gasteiger partial charge in [-0.2, -0.15) is 13.2 Å². The predicted molar refractivity (Wildman–Crippen MR) is 62.9 cm³/mol. The zero-order valence-corrected chi connectivity index (χ0v) is 10.4. The van der Waals surface area contributed by atoms with Gasteiger partial charge in [-0.1, -0.05) is 19.4 Å². The number of aromatic nitrogens is 1. The molecule has 0 aromatic carbocycles. The van der Waals surface area contributed by atoms with E-state index in [0.717, 1.165) is 30.6 Å². The number of hydrogen-bond acceptors (Lipinski definition) is 2. The molecule has 1 aliphatic heterocycles. The van der Waals surface area contributed by atoms with E-state index >= 15 is 0 Å². The molecule has 0 N–H and O–H groups in total. The zero-order chi connectivity index (χ0) is 13.2. The average molecular weight is 258 g/mol. The largest absolute Gasteiger partial charge is 0.433 e. The van der Waals surface area contributed by atoms with Crippen molar-refractivity contribution in [3.05, 3.63) is 29.6 Å². The van der Waals surface area contributed by atoms with E-state index in [-0.39, 0.29) is 0 Å². The fourth-order valence-corrected chi connectivity index (χ4v) is 2.33. The van der Waals surface area contributed by atoms with Crippen molar-refractivity contribution in [1.29, 1.82) is 0 Å². The molecule has 1 atom stereocenters. The number of rotatable bonds is 3. The van der Waals surface area contributed by atoms with Crippen LogP contribution in [0.5, 0.6) is 0 Å². The summed E-state index contributed by atoms with van der Waals surface area (Å²) in [5.74, 6) is 0.729. The third kappa shape index (κ3) is 3.22. The van der Waals surface area contributed by atoms with Crippen LogP contribution in [0.25, 0.3) is 0 Å². The van der Waals surface area contributed by atoms with Crippen molar-refractivity contribution in [1.82, 2.24) is 9.88 Å². The summed E-state index contributed by atoms with van der Waals surface area (Å²) in [5.41, 5.74) is 0.0267. The molecule has 18 heavy (non-hydrogen) atoms. The smallest absolute Gasteiger partial charge is 0.299 e. The van der Waals surface area contributed by atoms with Crippen LogP contribution in [0.4, 0.5) is 13.2 Å². The standard InChI is InChI=1S/C13H17F3N2/c1-2-10-5-6-18(8-10)9-11-3-4-12(17-7-11)13(14,15)16/h3-4,7,10H,2,5-6,8-9H2,1H3. The molecule has 0 saturated carbocycles. The van der Waals surface area contributed by atoms with Gasteiger partial charge in [0.15, 0.2) is 0 Å². The first-order chi connectivity index (χ1) is 8.49. The van der Waals surface area contributed by atoms with E-state index in [0.29, 0.717) is 6.54 Å². The fourth-order valence-electron chi connectivity index (χ4n) is 2.33. The molecule has 2 heterocycles. The minimum atomic E-state index is -4.35. The van der Waals surface area contributed by atoms with E-state index < -0.39 is 11.9 Å². The number of halogens is 3. The summed E-state index contributed by atoms with van der Waals surface area (Å²) in [4.78, 5) is 5.76. The van der Waals surface area contributed by atoms with Crippen LogP contribution >= 0.6 is 0 Å². The Hall–Kier alpha value is -1.10. The second kappa shape index (κ2) is 5.26. The Labute approximate surface area is 105 Å². The van der Waals surface area contributed by atoms with E-state index in [4.69, 9.17) is 0 Å². The normalized spacial score (nSPS) is 21.4. The molecule has 0 aliphatic carbocycles. The minimum Gasteiger partial charge on any atom is -0.299 e. The molecule has 5 heteroatoms. The lowest BCUT2D eigenvalue weighted by Gasteiger charge is -2.15. The Morgan fingerprint density at radius 2 is 2.17 bits per heavy atom. The summed E-state index contributed by atoms with van der Waals surface area (Å²) in [5, 5.41) is 0. The van der Waals surface area contributed by atoms with Crippen LogP contribution < -0.4 is 0 Å². The second-order valence-corrected chi connectivity index (χ2v) is 4.85. The molecule has 0 spiro atoms. The van der Waals surface area contributed by atoms with Crippen LogP contribution in [0, 0.1) is 5.92 Å². The van der Waals surface area contributed by atoms with E-state index in [1.54, 1.807) is 0 Å². The highest BCUT2D eigenvalue weighted by molar-refractivity contribution is 5.16. The van der Waals surface area contributed by atoms with Gasteiger partial charge in [-0.3, -0.25) is 9.88 Å². The molecule has 1 unspecified atom stereocenters. The maximum Gasteiger partial charge on any atom is 0.433 e. The molecule has 0 bridgehead atoms. The third-order valence-corrected chi connectivity index (χ3v) is 3.47. The van der Waals surface area contributed by atoms with Gasteiger partial charge >= 0.3 is 6.18 Å². The summed E-state index contributed by atoms with van der Waals surface area (Å²) >= 11 is 0. The summed E-state index contributed by atoms with van der Waals surface area (Å²) in [6.45, 7) is 4.94.